The molecule has 4 heteroatoms. The van der Waals surface area contributed by atoms with Crippen molar-refractivity contribution in [2.24, 2.45) is 0 Å². The Hall–Kier alpha value is -1.81. The Morgan fingerprint density at radius 3 is 3.15 bits per heavy atom. The average Bonchev–Trinajstić information content (AvgIpc) is 2.98. The molecule has 1 atom stereocenters. The van der Waals surface area contributed by atoms with Crippen LogP contribution in [0.1, 0.15) is 42.4 Å². The molecule has 0 saturated heterocycles. The number of imidazole rings is 1. The molecule has 4 nitrogen and oxygen atoms in total. The molecule has 1 aromatic heterocycles. The molecule has 1 unspecified atom stereocenters. The normalized spacial score (nSPS) is 23.0. The third-order valence-corrected chi connectivity index (χ3v) is 4.17. The first-order valence-corrected chi connectivity index (χ1v) is 7.20. The van der Waals surface area contributed by atoms with Gasteiger partial charge in [0, 0.05) is 25.1 Å². The van der Waals surface area contributed by atoms with Gasteiger partial charge in [-0.1, -0.05) is 6.07 Å². The lowest BCUT2D eigenvalue weighted by Gasteiger charge is -2.23. The van der Waals surface area contributed by atoms with E-state index in [1.165, 1.54) is 16.8 Å². The van der Waals surface area contributed by atoms with E-state index in [-0.39, 0.29) is 11.6 Å². The predicted molar refractivity (Wildman–Crippen MR) is 77.0 cm³/mol. The first kappa shape index (κ1) is 12.0. The van der Waals surface area contributed by atoms with E-state index < -0.39 is 0 Å². The number of aromatic amines is 1. The number of benzene rings is 1. The summed E-state index contributed by atoms with van der Waals surface area (Å²) >= 11 is 0. The number of hydrogen-bond acceptors (Lipinski definition) is 3. The van der Waals surface area contributed by atoms with E-state index in [4.69, 9.17) is 4.74 Å². The SMILES string of the molecule is CC1(C)Cc2cc(C3NCCc4[nH]cnc43)ccc2O1. The summed E-state index contributed by atoms with van der Waals surface area (Å²) < 4.78 is 5.95. The van der Waals surface area contributed by atoms with Crippen LogP contribution in [0, 0.1) is 0 Å². The lowest BCUT2D eigenvalue weighted by atomic mass is 9.94. The van der Waals surface area contributed by atoms with E-state index in [0.29, 0.717) is 0 Å². The molecule has 0 bridgehead atoms. The Morgan fingerprint density at radius 1 is 1.35 bits per heavy atom. The van der Waals surface area contributed by atoms with E-state index in [9.17, 15) is 0 Å². The fraction of sp³-hybridized carbons (Fsp3) is 0.438. The first-order valence-electron chi connectivity index (χ1n) is 7.20. The zero-order chi connectivity index (χ0) is 13.7. The fourth-order valence-electron chi connectivity index (χ4n) is 3.30. The zero-order valence-electron chi connectivity index (χ0n) is 11.9. The molecule has 2 N–H and O–H groups in total. The van der Waals surface area contributed by atoms with E-state index in [1.54, 1.807) is 6.33 Å². The van der Waals surface area contributed by atoms with Gasteiger partial charge in [0.2, 0.25) is 0 Å². The van der Waals surface area contributed by atoms with Crippen molar-refractivity contribution >= 4 is 0 Å². The van der Waals surface area contributed by atoms with Gasteiger partial charge in [-0.3, -0.25) is 0 Å². The number of nitrogens with zero attached hydrogens (tertiary/aromatic N) is 1. The summed E-state index contributed by atoms with van der Waals surface area (Å²) in [6.07, 6.45) is 3.79. The second kappa shape index (κ2) is 4.09. The maximum Gasteiger partial charge on any atom is 0.123 e. The van der Waals surface area contributed by atoms with Crippen molar-refractivity contribution in [1.29, 1.82) is 0 Å². The minimum absolute atomic E-state index is 0.0849. The average molecular weight is 269 g/mol. The second-order valence-electron chi connectivity index (χ2n) is 6.31. The number of H-pyrrole nitrogens is 1. The van der Waals surface area contributed by atoms with Crippen LogP contribution in [-0.2, 0) is 12.8 Å². The van der Waals surface area contributed by atoms with Gasteiger partial charge in [0.25, 0.3) is 0 Å². The zero-order valence-corrected chi connectivity index (χ0v) is 11.9. The number of aromatic nitrogens is 2. The molecule has 2 aromatic rings. The largest absolute Gasteiger partial charge is 0.487 e. The van der Waals surface area contributed by atoms with E-state index in [1.807, 2.05) is 0 Å². The number of nitrogens with one attached hydrogen (secondary N) is 2. The summed E-state index contributed by atoms with van der Waals surface area (Å²) in [6.45, 7) is 5.26. The molecule has 20 heavy (non-hydrogen) atoms. The molecule has 0 spiro atoms. The van der Waals surface area contributed by atoms with Crippen LogP contribution < -0.4 is 10.1 Å². The molecule has 2 aliphatic heterocycles. The van der Waals surface area contributed by atoms with Crippen molar-refractivity contribution in [2.45, 2.75) is 38.3 Å². The van der Waals surface area contributed by atoms with Crippen LogP contribution in [0.3, 0.4) is 0 Å². The highest BCUT2D eigenvalue weighted by atomic mass is 16.5. The van der Waals surface area contributed by atoms with Crippen LogP contribution in [0.2, 0.25) is 0 Å². The van der Waals surface area contributed by atoms with Crippen LogP contribution in [-0.4, -0.2) is 22.1 Å². The number of rotatable bonds is 1. The highest BCUT2D eigenvalue weighted by Gasteiger charge is 2.31. The van der Waals surface area contributed by atoms with Crippen molar-refractivity contribution in [3.05, 3.63) is 47.0 Å². The molecule has 2 aliphatic rings. The number of fused-ring (bicyclic) bond motifs is 2. The topological polar surface area (TPSA) is 49.9 Å². The van der Waals surface area contributed by atoms with Gasteiger partial charge in [-0.25, -0.2) is 4.98 Å². The molecule has 1 aromatic carbocycles. The molecular weight excluding hydrogens is 250 g/mol. The summed E-state index contributed by atoms with van der Waals surface area (Å²) in [4.78, 5) is 7.73. The molecular formula is C16H19N3O. The molecule has 104 valence electrons. The molecule has 0 fully saturated rings. The highest BCUT2D eigenvalue weighted by Crippen LogP contribution is 2.37. The summed E-state index contributed by atoms with van der Waals surface area (Å²) in [5.41, 5.74) is 4.88. The fourth-order valence-corrected chi connectivity index (χ4v) is 3.30. The highest BCUT2D eigenvalue weighted by molar-refractivity contribution is 5.44. The number of ether oxygens (including phenoxy) is 1. The molecule has 0 radical (unpaired) electrons. The van der Waals surface area contributed by atoms with Crippen molar-refractivity contribution in [2.75, 3.05) is 6.54 Å². The van der Waals surface area contributed by atoms with Gasteiger partial charge in [0.1, 0.15) is 11.4 Å². The van der Waals surface area contributed by atoms with E-state index >= 15 is 0 Å². The molecule has 0 saturated carbocycles. The van der Waals surface area contributed by atoms with Crippen molar-refractivity contribution in [3.63, 3.8) is 0 Å². The van der Waals surface area contributed by atoms with Crippen LogP contribution in [0.25, 0.3) is 0 Å². The Kier molecular flexibility index (Phi) is 2.45. The molecule has 0 aliphatic carbocycles. The standard InChI is InChI=1S/C16H19N3O/c1-16(2)8-11-7-10(3-4-13(11)20-16)14-15-12(5-6-17-14)18-9-19-15/h3-4,7,9,14,17H,5-6,8H2,1-2H3,(H,18,19). The van der Waals surface area contributed by atoms with Gasteiger partial charge in [0.05, 0.1) is 18.1 Å². The minimum Gasteiger partial charge on any atom is -0.487 e. The van der Waals surface area contributed by atoms with Gasteiger partial charge in [0.15, 0.2) is 0 Å². The van der Waals surface area contributed by atoms with Crippen LogP contribution in [0.4, 0.5) is 0 Å². The van der Waals surface area contributed by atoms with Crippen LogP contribution in [0.5, 0.6) is 5.75 Å². The van der Waals surface area contributed by atoms with Gasteiger partial charge < -0.3 is 15.0 Å². The Balaban J connectivity index is 1.72. The maximum absolute atomic E-state index is 5.95. The lowest BCUT2D eigenvalue weighted by Crippen LogP contribution is -2.30. The molecule has 3 heterocycles. The minimum atomic E-state index is -0.0849. The van der Waals surface area contributed by atoms with Gasteiger partial charge >= 0.3 is 0 Å². The van der Waals surface area contributed by atoms with Gasteiger partial charge in [-0.15, -0.1) is 0 Å². The maximum atomic E-state index is 5.95. The Labute approximate surface area is 118 Å². The molecule has 0 amide bonds. The van der Waals surface area contributed by atoms with Gasteiger partial charge in [-0.05, 0) is 37.1 Å². The smallest absolute Gasteiger partial charge is 0.123 e. The van der Waals surface area contributed by atoms with E-state index in [0.717, 1.165) is 30.8 Å². The molecule has 4 rings (SSSR count). The van der Waals surface area contributed by atoms with E-state index in [2.05, 4.69) is 47.3 Å². The van der Waals surface area contributed by atoms with Crippen molar-refractivity contribution < 1.29 is 4.74 Å². The third kappa shape index (κ3) is 1.83. The second-order valence-corrected chi connectivity index (χ2v) is 6.31. The monoisotopic (exact) mass is 269 g/mol. The summed E-state index contributed by atoms with van der Waals surface area (Å²) in [5.74, 6) is 1.02. The predicted octanol–water partition coefficient (Wildman–Crippen LogP) is 2.36. The quantitative estimate of drug-likeness (QED) is 0.835. The number of hydrogen-bond donors (Lipinski definition) is 2. The van der Waals surface area contributed by atoms with Gasteiger partial charge in [-0.2, -0.15) is 0 Å². The van der Waals surface area contributed by atoms with Crippen LogP contribution in [0.15, 0.2) is 24.5 Å². The summed E-state index contributed by atoms with van der Waals surface area (Å²) in [5, 5.41) is 3.57. The Morgan fingerprint density at radius 2 is 2.25 bits per heavy atom. The lowest BCUT2D eigenvalue weighted by molar-refractivity contribution is 0.138. The first-order chi connectivity index (χ1) is 9.62. The van der Waals surface area contributed by atoms with Crippen LogP contribution >= 0.6 is 0 Å². The van der Waals surface area contributed by atoms with Crippen molar-refractivity contribution in [3.8, 4) is 5.75 Å². The van der Waals surface area contributed by atoms with Crippen molar-refractivity contribution in [1.82, 2.24) is 15.3 Å². The summed E-state index contributed by atoms with van der Waals surface area (Å²) in [6, 6.07) is 6.72. The summed E-state index contributed by atoms with van der Waals surface area (Å²) in [7, 11) is 0. The Bertz CT molecular complexity index is 659. The third-order valence-electron chi connectivity index (χ3n) is 4.17.